The van der Waals surface area contributed by atoms with Gasteiger partial charge >= 0.3 is 5.97 Å². The average molecular weight is 449 g/mol. The number of hydrogen-bond donors (Lipinski definition) is 0. The zero-order valence-corrected chi connectivity index (χ0v) is 15.1. The minimum Gasteiger partial charge on any atom is -0.468 e. The quantitative estimate of drug-likeness (QED) is 0.659. The fourth-order valence-corrected chi connectivity index (χ4v) is 7.14. The van der Waals surface area contributed by atoms with Crippen LogP contribution in [-0.2, 0) is 24.3 Å². The fraction of sp³-hybridized carbons (Fsp3) is 0.500. The van der Waals surface area contributed by atoms with Crippen LogP contribution in [0.3, 0.4) is 0 Å². The van der Waals surface area contributed by atoms with Crippen molar-refractivity contribution < 1.29 is 22.7 Å². The molecule has 0 amide bonds. The Balaban J connectivity index is 2.40. The first-order valence-corrected chi connectivity index (χ1v) is 9.34. The van der Waals surface area contributed by atoms with Gasteiger partial charge in [0.05, 0.1) is 27.9 Å². The number of halogens is 2. The van der Waals surface area contributed by atoms with E-state index in [1.54, 1.807) is 0 Å². The largest absolute Gasteiger partial charge is 0.468 e. The molecule has 0 aliphatic carbocycles. The average Bonchev–Trinajstić information content (AvgIpc) is 2.77. The third kappa shape index (κ3) is 3.09. The summed E-state index contributed by atoms with van der Waals surface area (Å²) in [5.74, 6) is -0.626. The Morgan fingerprint density at radius 1 is 1.55 bits per heavy atom. The van der Waals surface area contributed by atoms with Crippen molar-refractivity contribution >= 4 is 59.2 Å². The van der Waals surface area contributed by atoms with Gasteiger partial charge in [-0.3, -0.25) is 4.79 Å². The summed E-state index contributed by atoms with van der Waals surface area (Å²) in [6.07, 6.45) is 0. The SMILES string of the molecule is COC(=O)C1COCCN1S(=O)(=O)c1cc(Br)sc1Br. The van der Waals surface area contributed by atoms with E-state index >= 15 is 0 Å². The molecular weight excluding hydrogens is 438 g/mol. The molecule has 20 heavy (non-hydrogen) atoms. The molecule has 1 aliphatic rings. The number of carbonyl (C=O) groups excluding carboxylic acids is 1. The smallest absolute Gasteiger partial charge is 0.326 e. The topological polar surface area (TPSA) is 72.9 Å². The highest BCUT2D eigenvalue weighted by Crippen LogP contribution is 2.37. The molecule has 10 heteroatoms. The van der Waals surface area contributed by atoms with E-state index in [1.165, 1.54) is 24.5 Å². The summed E-state index contributed by atoms with van der Waals surface area (Å²) >= 11 is 7.73. The molecule has 1 aromatic rings. The summed E-state index contributed by atoms with van der Waals surface area (Å²) in [5.41, 5.74) is 0. The van der Waals surface area contributed by atoms with Crippen LogP contribution >= 0.6 is 43.2 Å². The van der Waals surface area contributed by atoms with Crippen LogP contribution in [0.25, 0.3) is 0 Å². The number of morpholine rings is 1. The molecule has 0 spiro atoms. The zero-order valence-electron chi connectivity index (χ0n) is 10.3. The van der Waals surface area contributed by atoms with Crippen molar-refractivity contribution in [3.8, 4) is 0 Å². The first kappa shape index (κ1) is 16.4. The second-order valence-corrected chi connectivity index (χ2v) is 9.53. The van der Waals surface area contributed by atoms with Crippen LogP contribution in [0.2, 0.25) is 0 Å². The van der Waals surface area contributed by atoms with Crippen molar-refractivity contribution in [2.75, 3.05) is 26.9 Å². The molecule has 6 nitrogen and oxygen atoms in total. The second-order valence-electron chi connectivity index (χ2n) is 3.92. The van der Waals surface area contributed by atoms with Gasteiger partial charge < -0.3 is 9.47 Å². The highest BCUT2D eigenvalue weighted by molar-refractivity contribution is 9.12. The predicted octanol–water partition coefficient (Wildman–Crippen LogP) is 1.84. The Morgan fingerprint density at radius 2 is 2.25 bits per heavy atom. The van der Waals surface area contributed by atoms with Crippen LogP contribution in [0.4, 0.5) is 0 Å². The summed E-state index contributed by atoms with van der Waals surface area (Å²) in [7, 11) is -2.57. The van der Waals surface area contributed by atoms with Gasteiger partial charge in [0.25, 0.3) is 0 Å². The summed E-state index contributed by atoms with van der Waals surface area (Å²) in [6, 6.07) is 0.553. The van der Waals surface area contributed by atoms with Crippen molar-refractivity contribution in [1.82, 2.24) is 4.31 Å². The number of sulfonamides is 1. The van der Waals surface area contributed by atoms with E-state index in [-0.39, 0.29) is 24.7 Å². The minimum atomic E-state index is -3.79. The van der Waals surface area contributed by atoms with E-state index in [2.05, 4.69) is 36.6 Å². The first-order valence-electron chi connectivity index (χ1n) is 5.50. The van der Waals surface area contributed by atoms with Crippen molar-refractivity contribution in [2.24, 2.45) is 0 Å². The van der Waals surface area contributed by atoms with Gasteiger partial charge in [0.2, 0.25) is 10.0 Å². The molecule has 2 rings (SSSR count). The number of thiophene rings is 1. The van der Waals surface area contributed by atoms with Gasteiger partial charge in [0.1, 0.15) is 10.9 Å². The van der Waals surface area contributed by atoms with E-state index in [0.717, 1.165) is 4.31 Å². The summed E-state index contributed by atoms with van der Waals surface area (Å²) < 4.78 is 37.5. The highest BCUT2D eigenvalue weighted by Gasteiger charge is 2.40. The molecule has 0 aromatic carbocycles. The van der Waals surface area contributed by atoms with Gasteiger partial charge in [-0.25, -0.2) is 8.42 Å². The van der Waals surface area contributed by atoms with Gasteiger partial charge in [-0.2, -0.15) is 4.31 Å². The lowest BCUT2D eigenvalue weighted by molar-refractivity contribution is -0.149. The molecule has 0 bridgehead atoms. The highest BCUT2D eigenvalue weighted by atomic mass is 79.9. The number of ether oxygens (including phenoxy) is 2. The number of hydrogen-bond acceptors (Lipinski definition) is 6. The third-order valence-corrected chi connectivity index (χ3v) is 7.43. The zero-order chi connectivity index (χ0) is 14.9. The van der Waals surface area contributed by atoms with Crippen LogP contribution in [-0.4, -0.2) is 51.6 Å². The molecule has 0 radical (unpaired) electrons. The van der Waals surface area contributed by atoms with Crippen molar-refractivity contribution in [1.29, 1.82) is 0 Å². The Bertz CT molecular complexity index is 615. The van der Waals surface area contributed by atoms with Gasteiger partial charge in [0, 0.05) is 6.54 Å². The number of methoxy groups -OCH3 is 1. The van der Waals surface area contributed by atoms with Crippen LogP contribution in [0.5, 0.6) is 0 Å². The lowest BCUT2D eigenvalue weighted by Gasteiger charge is -2.32. The molecule has 1 saturated heterocycles. The number of rotatable bonds is 3. The maximum Gasteiger partial charge on any atom is 0.326 e. The van der Waals surface area contributed by atoms with Crippen LogP contribution in [0, 0.1) is 0 Å². The Labute approximate surface area is 137 Å². The van der Waals surface area contributed by atoms with E-state index in [4.69, 9.17) is 4.74 Å². The lowest BCUT2D eigenvalue weighted by Crippen LogP contribution is -2.52. The first-order chi connectivity index (χ1) is 9.37. The molecule has 0 saturated carbocycles. The number of nitrogens with zero attached hydrogens (tertiary/aromatic N) is 1. The predicted molar refractivity (Wildman–Crippen MR) is 80.2 cm³/mol. The van der Waals surface area contributed by atoms with Crippen LogP contribution < -0.4 is 0 Å². The van der Waals surface area contributed by atoms with Gasteiger partial charge in [-0.15, -0.1) is 11.3 Å². The van der Waals surface area contributed by atoms with Crippen molar-refractivity contribution in [3.05, 3.63) is 13.6 Å². The molecule has 1 fully saturated rings. The normalized spacial score (nSPS) is 20.9. The van der Waals surface area contributed by atoms with E-state index in [9.17, 15) is 13.2 Å². The monoisotopic (exact) mass is 447 g/mol. The van der Waals surface area contributed by atoms with E-state index < -0.39 is 22.0 Å². The van der Waals surface area contributed by atoms with Crippen LogP contribution in [0.1, 0.15) is 0 Å². The molecule has 1 aromatic heterocycles. The summed E-state index contributed by atoms with van der Waals surface area (Å²) in [5, 5.41) is 0. The Kier molecular flexibility index (Phi) is 5.24. The molecule has 1 aliphatic heterocycles. The summed E-state index contributed by atoms with van der Waals surface area (Å²) in [4.78, 5) is 11.8. The standard InChI is InChI=1S/C10H11Br2NO5S2/c1-17-10(14)6-5-18-3-2-13(6)20(15,16)7-4-8(11)19-9(7)12/h4,6H,2-3,5H2,1H3. The van der Waals surface area contributed by atoms with Gasteiger partial charge in [0.15, 0.2) is 0 Å². The molecule has 2 heterocycles. The van der Waals surface area contributed by atoms with E-state index in [0.29, 0.717) is 7.57 Å². The molecule has 1 unspecified atom stereocenters. The maximum atomic E-state index is 12.7. The maximum absolute atomic E-state index is 12.7. The van der Waals surface area contributed by atoms with Crippen molar-refractivity contribution in [2.45, 2.75) is 10.9 Å². The molecular formula is C10H11Br2NO5S2. The van der Waals surface area contributed by atoms with Gasteiger partial charge in [-0.05, 0) is 37.9 Å². The van der Waals surface area contributed by atoms with Crippen LogP contribution in [0.15, 0.2) is 18.5 Å². The third-order valence-electron chi connectivity index (χ3n) is 2.76. The molecule has 1 atom stereocenters. The number of esters is 1. The lowest BCUT2D eigenvalue weighted by atomic mass is 10.3. The number of carbonyl (C=O) groups is 1. The molecule has 112 valence electrons. The second kappa shape index (κ2) is 6.41. The Hall–Kier alpha value is -0.000000000000000333. The minimum absolute atomic E-state index is 0.00513. The van der Waals surface area contributed by atoms with Gasteiger partial charge in [-0.1, -0.05) is 0 Å². The summed E-state index contributed by atoms with van der Waals surface area (Å²) in [6.45, 7) is 0.354. The van der Waals surface area contributed by atoms with E-state index in [1.807, 2.05) is 0 Å². The van der Waals surface area contributed by atoms with Crippen molar-refractivity contribution in [3.63, 3.8) is 0 Å². The Morgan fingerprint density at radius 3 is 2.80 bits per heavy atom. The molecule has 0 N–H and O–H groups in total. The fourth-order valence-electron chi connectivity index (χ4n) is 1.83.